The van der Waals surface area contributed by atoms with Gasteiger partial charge in [-0.1, -0.05) is 60.7 Å². The Kier molecular flexibility index (Phi) is 7.35. The summed E-state index contributed by atoms with van der Waals surface area (Å²) in [5.74, 6) is 0.478. The Morgan fingerprint density at radius 3 is 2.12 bits per heavy atom. The minimum atomic E-state index is -0.266. The summed E-state index contributed by atoms with van der Waals surface area (Å²) >= 11 is 0. The zero-order valence-electron chi connectivity index (χ0n) is 19.0. The molecule has 0 saturated carbocycles. The van der Waals surface area contributed by atoms with Gasteiger partial charge in [-0.25, -0.2) is 4.98 Å². The highest BCUT2D eigenvalue weighted by Crippen LogP contribution is 2.29. The number of piperazine rings is 1. The van der Waals surface area contributed by atoms with E-state index in [2.05, 4.69) is 85.7 Å². The molecule has 1 aliphatic heterocycles. The number of H-pyrrole nitrogens is 1. The fraction of sp³-hybridized carbons (Fsp3) is 0.385. The molecule has 1 amide bonds. The number of nitrogens with one attached hydrogen (secondary N) is 2. The van der Waals surface area contributed by atoms with Crippen LogP contribution >= 0.6 is 0 Å². The molecule has 0 bridgehead atoms. The van der Waals surface area contributed by atoms with Gasteiger partial charge in [0.25, 0.3) is 0 Å². The van der Waals surface area contributed by atoms with Gasteiger partial charge in [-0.15, -0.1) is 0 Å². The molecule has 1 unspecified atom stereocenters. The summed E-state index contributed by atoms with van der Waals surface area (Å²) in [6.45, 7) is 9.36. The van der Waals surface area contributed by atoms with Crippen LogP contribution in [0.3, 0.4) is 0 Å². The Morgan fingerprint density at radius 2 is 1.59 bits per heavy atom. The van der Waals surface area contributed by atoms with Crippen molar-refractivity contribution in [1.29, 1.82) is 0 Å². The maximum atomic E-state index is 12.5. The van der Waals surface area contributed by atoms with Crippen molar-refractivity contribution in [2.75, 3.05) is 39.3 Å². The van der Waals surface area contributed by atoms with Gasteiger partial charge in [-0.05, 0) is 25.0 Å². The van der Waals surface area contributed by atoms with Crippen LogP contribution in [0.15, 0.2) is 66.9 Å². The molecule has 1 aliphatic rings. The summed E-state index contributed by atoms with van der Waals surface area (Å²) < 4.78 is 0. The number of aromatic nitrogens is 2. The first-order valence-corrected chi connectivity index (χ1v) is 11.5. The van der Waals surface area contributed by atoms with Crippen molar-refractivity contribution in [2.24, 2.45) is 0 Å². The maximum absolute atomic E-state index is 12.5. The lowest BCUT2D eigenvalue weighted by atomic mass is 9.96. The van der Waals surface area contributed by atoms with E-state index in [1.807, 2.05) is 13.8 Å². The summed E-state index contributed by atoms with van der Waals surface area (Å²) in [6.07, 6.45) is 1.76. The van der Waals surface area contributed by atoms with Gasteiger partial charge in [0.05, 0.1) is 12.0 Å². The summed E-state index contributed by atoms with van der Waals surface area (Å²) in [7, 11) is 0. The highest BCUT2D eigenvalue weighted by Gasteiger charge is 2.26. The van der Waals surface area contributed by atoms with Crippen LogP contribution in [0, 0.1) is 6.92 Å². The highest BCUT2D eigenvalue weighted by molar-refractivity contribution is 5.82. The molecule has 6 heteroatoms. The second-order valence-electron chi connectivity index (χ2n) is 8.57. The molecular formula is C26H33N5O. The minimum absolute atomic E-state index is 0.0196. The number of amides is 1. The topological polar surface area (TPSA) is 64.3 Å². The van der Waals surface area contributed by atoms with Gasteiger partial charge in [0.2, 0.25) is 5.91 Å². The summed E-state index contributed by atoms with van der Waals surface area (Å²) in [5, 5.41) is 3.07. The molecule has 4 rings (SSSR count). The molecule has 0 aliphatic carbocycles. The number of benzene rings is 2. The van der Waals surface area contributed by atoms with Crippen molar-refractivity contribution < 1.29 is 4.79 Å². The Balaban J connectivity index is 1.29. The fourth-order valence-electron chi connectivity index (χ4n) is 4.40. The number of rotatable bonds is 8. The second-order valence-corrected chi connectivity index (χ2v) is 8.57. The van der Waals surface area contributed by atoms with Crippen molar-refractivity contribution in [3.63, 3.8) is 0 Å². The normalized spacial score (nSPS) is 16.2. The summed E-state index contributed by atoms with van der Waals surface area (Å²) in [5.41, 5.74) is 3.64. The van der Waals surface area contributed by atoms with Crippen LogP contribution in [0.25, 0.3) is 0 Å². The van der Waals surface area contributed by atoms with Crippen molar-refractivity contribution in [3.05, 3.63) is 89.5 Å². The van der Waals surface area contributed by atoms with Gasteiger partial charge >= 0.3 is 0 Å². The van der Waals surface area contributed by atoms with Crippen molar-refractivity contribution >= 4 is 5.91 Å². The lowest BCUT2D eigenvalue weighted by Crippen LogP contribution is -2.49. The quantitative estimate of drug-likeness (QED) is 0.574. The molecule has 168 valence electrons. The van der Waals surface area contributed by atoms with E-state index in [1.165, 1.54) is 11.1 Å². The molecule has 0 radical (unpaired) electrons. The van der Waals surface area contributed by atoms with E-state index in [-0.39, 0.29) is 17.9 Å². The fourth-order valence-corrected chi connectivity index (χ4v) is 4.40. The van der Waals surface area contributed by atoms with Gasteiger partial charge in [0.1, 0.15) is 5.82 Å². The number of aryl methyl sites for hydroxylation is 1. The lowest BCUT2D eigenvalue weighted by molar-refractivity contribution is -0.122. The zero-order chi connectivity index (χ0) is 22.3. The number of carbonyl (C=O) groups is 1. The van der Waals surface area contributed by atoms with E-state index in [1.54, 1.807) is 6.20 Å². The molecule has 6 nitrogen and oxygen atoms in total. The third-order valence-electron chi connectivity index (χ3n) is 6.26. The Bertz CT molecular complexity index is 940. The number of nitrogens with zero attached hydrogens (tertiary/aromatic N) is 3. The van der Waals surface area contributed by atoms with Crippen molar-refractivity contribution in [2.45, 2.75) is 25.8 Å². The van der Waals surface area contributed by atoms with Gasteiger partial charge in [-0.3, -0.25) is 14.6 Å². The Hall–Kier alpha value is -2.96. The van der Waals surface area contributed by atoms with E-state index in [4.69, 9.17) is 0 Å². The van der Waals surface area contributed by atoms with E-state index in [0.29, 0.717) is 6.54 Å². The molecule has 2 heterocycles. The summed E-state index contributed by atoms with van der Waals surface area (Å²) in [4.78, 5) is 24.9. The molecule has 2 N–H and O–H groups in total. The first-order chi connectivity index (χ1) is 15.6. The molecule has 1 saturated heterocycles. The van der Waals surface area contributed by atoms with Crippen molar-refractivity contribution in [1.82, 2.24) is 25.1 Å². The first kappa shape index (κ1) is 22.2. The molecule has 2 aromatic carbocycles. The largest absolute Gasteiger partial charge is 0.354 e. The average molecular weight is 432 g/mol. The van der Waals surface area contributed by atoms with Crippen LogP contribution in [0.5, 0.6) is 0 Å². The van der Waals surface area contributed by atoms with Gasteiger partial charge < -0.3 is 10.3 Å². The van der Waals surface area contributed by atoms with E-state index in [0.717, 1.165) is 44.2 Å². The average Bonchev–Trinajstić information content (AvgIpc) is 3.27. The molecule has 32 heavy (non-hydrogen) atoms. The molecule has 1 fully saturated rings. The van der Waals surface area contributed by atoms with Crippen LogP contribution in [-0.4, -0.2) is 64.9 Å². The van der Waals surface area contributed by atoms with Crippen LogP contribution < -0.4 is 5.32 Å². The predicted octanol–water partition coefficient (Wildman–Crippen LogP) is 3.35. The van der Waals surface area contributed by atoms with Crippen LogP contribution in [0.1, 0.15) is 41.5 Å². The maximum Gasteiger partial charge on any atom is 0.230 e. The Morgan fingerprint density at radius 1 is 1.00 bits per heavy atom. The number of carbonyl (C=O) groups excluding carboxylic acids is 1. The number of imidazole rings is 1. The van der Waals surface area contributed by atoms with Crippen molar-refractivity contribution in [3.8, 4) is 0 Å². The second kappa shape index (κ2) is 10.6. The Labute approximate surface area is 190 Å². The van der Waals surface area contributed by atoms with E-state index < -0.39 is 0 Å². The standard InChI is InChI=1S/C26H33N5O/c1-20-19-28-25(29-20)21(2)26(32)27-13-14-30-15-17-31(18-16-30)24(22-9-5-3-6-10-22)23-11-7-4-8-12-23/h3-12,19,21,24H,13-18H2,1-2H3,(H,27,32)(H,28,29). The molecule has 1 atom stereocenters. The molecular weight excluding hydrogens is 398 g/mol. The highest BCUT2D eigenvalue weighted by atomic mass is 16.1. The van der Waals surface area contributed by atoms with Gasteiger partial charge in [0.15, 0.2) is 0 Å². The monoisotopic (exact) mass is 431 g/mol. The number of hydrogen-bond donors (Lipinski definition) is 2. The SMILES string of the molecule is Cc1cnc(C(C)C(=O)NCCN2CCN(C(c3ccccc3)c3ccccc3)CC2)[nH]1. The van der Waals surface area contributed by atoms with Crippen LogP contribution in [-0.2, 0) is 4.79 Å². The third-order valence-corrected chi connectivity index (χ3v) is 6.26. The first-order valence-electron chi connectivity index (χ1n) is 11.5. The molecule has 0 spiro atoms. The van der Waals surface area contributed by atoms with E-state index in [9.17, 15) is 4.79 Å². The number of hydrogen-bond acceptors (Lipinski definition) is 4. The van der Waals surface area contributed by atoms with E-state index >= 15 is 0 Å². The minimum Gasteiger partial charge on any atom is -0.354 e. The summed E-state index contributed by atoms with van der Waals surface area (Å²) in [6, 6.07) is 21.8. The van der Waals surface area contributed by atoms with Crippen LogP contribution in [0.4, 0.5) is 0 Å². The number of aromatic amines is 1. The third kappa shape index (κ3) is 5.44. The van der Waals surface area contributed by atoms with Crippen LogP contribution in [0.2, 0.25) is 0 Å². The molecule has 1 aromatic heterocycles. The van der Waals surface area contributed by atoms with Gasteiger partial charge in [-0.2, -0.15) is 0 Å². The smallest absolute Gasteiger partial charge is 0.230 e. The molecule has 3 aromatic rings. The zero-order valence-corrected chi connectivity index (χ0v) is 19.0. The van der Waals surface area contributed by atoms with Gasteiger partial charge in [0, 0.05) is 51.2 Å². The predicted molar refractivity (Wildman–Crippen MR) is 127 cm³/mol. The lowest BCUT2D eigenvalue weighted by Gasteiger charge is -2.39.